The predicted octanol–water partition coefficient (Wildman–Crippen LogP) is 3.75. The Morgan fingerprint density at radius 2 is 2.35 bits per heavy atom. The number of thioether (sulfide) groups is 1. The highest BCUT2D eigenvalue weighted by Gasteiger charge is 2.16. The summed E-state index contributed by atoms with van der Waals surface area (Å²) in [7, 11) is 1.67. The van der Waals surface area contributed by atoms with Crippen molar-refractivity contribution in [3.63, 3.8) is 0 Å². The lowest BCUT2D eigenvalue weighted by Crippen LogP contribution is -2.05. The minimum atomic E-state index is 0.455. The molecular formula is C12H15BrN2OS. The molecule has 1 unspecified atom stereocenters. The van der Waals surface area contributed by atoms with E-state index < -0.39 is 0 Å². The van der Waals surface area contributed by atoms with Crippen molar-refractivity contribution in [2.75, 3.05) is 18.2 Å². The van der Waals surface area contributed by atoms with Gasteiger partial charge in [-0.05, 0) is 18.6 Å². The van der Waals surface area contributed by atoms with Gasteiger partial charge >= 0.3 is 0 Å². The minimum absolute atomic E-state index is 0.455. The molecule has 1 aliphatic rings. The Kier molecular flexibility index (Phi) is 4.34. The van der Waals surface area contributed by atoms with Gasteiger partial charge in [-0.2, -0.15) is 0 Å². The van der Waals surface area contributed by atoms with Crippen LogP contribution in [0.4, 0.5) is 5.69 Å². The number of rotatable bonds is 3. The van der Waals surface area contributed by atoms with E-state index in [4.69, 9.17) is 4.74 Å². The summed E-state index contributed by atoms with van der Waals surface area (Å²) in [6.45, 7) is 2.17. The van der Waals surface area contributed by atoms with E-state index in [1.807, 2.05) is 18.2 Å². The number of hydrogen-bond donors (Lipinski definition) is 1. The number of methoxy groups -OCH3 is 1. The van der Waals surface area contributed by atoms with Gasteiger partial charge in [-0.15, -0.1) is 0 Å². The Labute approximate surface area is 114 Å². The number of ether oxygens (including phenoxy) is 1. The van der Waals surface area contributed by atoms with Crippen LogP contribution in [-0.4, -0.2) is 24.1 Å². The van der Waals surface area contributed by atoms with Crippen LogP contribution in [0.1, 0.15) is 13.3 Å². The van der Waals surface area contributed by atoms with E-state index in [2.05, 4.69) is 33.2 Å². The molecule has 0 saturated heterocycles. The fourth-order valence-corrected chi connectivity index (χ4v) is 3.12. The van der Waals surface area contributed by atoms with Crippen LogP contribution in [0.25, 0.3) is 0 Å². The lowest BCUT2D eigenvalue weighted by Gasteiger charge is -2.08. The molecule has 1 aliphatic heterocycles. The van der Waals surface area contributed by atoms with Gasteiger partial charge in [-0.1, -0.05) is 34.6 Å². The maximum Gasteiger partial charge on any atom is 0.161 e. The van der Waals surface area contributed by atoms with E-state index in [-0.39, 0.29) is 0 Å². The van der Waals surface area contributed by atoms with Gasteiger partial charge in [-0.25, -0.2) is 0 Å². The smallest absolute Gasteiger partial charge is 0.161 e. The molecule has 3 nitrogen and oxygen atoms in total. The molecule has 0 saturated carbocycles. The van der Waals surface area contributed by atoms with Gasteiger partial charge < -0.3 is 10.1 Å². The molecular weight excluding hydrogens is 300 g/mol. The lowest BCUT2D eigenvalue weighted by molar-refractivity contribution is 0.415. The summed E-state index contributed by atoms with van der Waals surface area (Å²) in [5.41, 5.74) is 0.999. The van der Waals surface area contributed by atoms with Crippen LogP contribution >= 0.6 is 27.7 Å². The van der Waals surface area contributed by atoms with Crippen molar-refractivity contribution in [2.24, 2.45) is 4.99 Å². The molecule has 0 spiro atoms. The Morgan fingerprint density at radius 1 is 1.53 bits per heavy atom. The highest BCUT2D eigenvalue weighted by Crippen LogP contribution is 2.27. The van der Waals surface area contributed by atoms with E-state index in [1.54, 1.807) is 18.9 Å². The summed E-state index contributed by atoms with van der Waals surface area (Å²) in [6, 6.07) is 6.37. The van der Waals surface area contributed by atoms with Gasteiger partial charge in [-0.3, -0.25) is 4.99 Å². The highest BCUT2D eigenvalue weighted by atomic mass is 79.9. The lowest BCUT2D eigenvalue weighted by atomic mass is 10.3. The van der Waals surface area contributed by atoms with Crippen molar-refractivity contribution >= 4 is 38.5 Å². The Balaban J connectivity index is 2.11. The van der Waals surface area contributed by atoms with Crippen molar-refractivity contribution in [1.82, 2.24) is 0 Å². The number of benzene rings is 1. The van der Waals surface area contributed by atoms with E-state index in [9.17, 15) is 0 Å². The standard InChI is InChI=1S/C12H15BrN2OS/c1-3-9-7-17-12(14-9)15-10-4-8(13)5-11(6-10)16-2/h4-6,9H,3,7H2,1-2H3,(H,14,15). The van der Waals surface area contributed by atoms with Crippen molar-refractivity contribution in [1.29, 1.82) is 0 Å². The number of nitrogens with zero attached hydrogens (tertiary/aromatic N) is 1. The second kappa shape index (κ2) is 5.78. The molecule has 1 aromatic carbocycles. The van der Waals surface area contributed by atoms with Gasteiger partial charge in [0.05, 0.1) is 13.2 Å². The number of hydrogen-bond acceptors (Lipinski definition) is 4. The number of amidine groups is 1. The van der Waals surface area contributed by atoms with Crippen LogP contribution in [0, 0.1) is 0 Å². The zero-order valence-electron chi connectivity index (χ0n) is 9.87. The monoisotopic (exact) mass is 314 g/mol. The van der Waals surface area contributed by atoms with Crippen molar-refractivity contribution in [3.8, 4) is 5.75 Å². The van der Waals surface area contributed by atoms with Gasteiger partial charge in [0.25, 0.3) is 0 Å². The number of halogens is 1. The van der Waals surface area contributed by atoms with Crippen LogP contribution in [-0.2, 0) is 0 Å². The Bertz CT molecular complexity index is 437. The number of nitrogens with one attached hydrogen (secondary N) is 1. The molecule has 1 N–H and O–H groups in total. The maximum atomic E-state index is 5.23. The first-order valence-electron chi connectivity index (χ1n) is 5.53. The molecule has 1 heterocycles. The topological polar surface area (TPSA) is 33.6 Å². The summed E-state index contributed by atoms with van der Waals surface area (Å²) < 4.78 is 6.22. The van der Waals surface area contributed by atoms with Crippen LogP contribution < -0.4 is 10.1 Å². The average Bonchev–Trinajstić information content (AvgIpc) is 2.76. The third kappa shape index (κ3) is 3.39. The summed E-state index contributed by atoms with van der Waals surface area (Å²) in [5, 5.41) is 4.32. The highest BCUT2D eigenvalue weighted by molar-refractivity contribution is 9.10. The molecule has 2 rings (SSSR count). The molecule has 1 atom stereocenters. The minimum Gasteiger partial charge on any atom is -0.497 e. The van der Waals surface area contributed by atoms with Crippen LogP contribution in [0.15, 0.2) is 27.7 Å². The first-order valence-corrected chi connectivity index (χ1v) is 7.31. The predicted molar refractivity (Wildman–Crippen MR) is 78.3 cm³/mol. The average molecular weight is 315 g/mol. The molecule has 17 heavy (non-hydrogen) atoms. The Hall–Kier alpha value is -0.680. The first kappa shape index (κ1) is 12.8. The van der Waals surface area contributed by atoms with Gasteiger partial charge in [0.15, 0.2) is 5.17 Å². The SMILES string of the molecule is CCC1CSC(Nc2cc(Br)cc(OC)c2)=N1. The van der Waals surface area contributed by atoms with Crippen molar-refractivity contribution < 1.29 is 4.74 Å². The molecule has 5 heteroatoms. The molecule has 0 aromatic heterocycles. The third-order valence-corrected chi connectivity index (χ3v) is 4.03. The third-order valence-electron chi connectivity index (χ3n) is 2.54. The summed E-state index contributed by atoms with van der Waals surface area (Å²) in [4.78, 5) is 4.60. The number of aliphatic imine (C=N–C) groups is 1. The molecule has 92 valence electrons. The van der Waals surface area contributed by atoms with Gasteiger partial charge in [0.1, 0.15) is 5.75 Å². The second-order valence-corrected chi connectivity index (χ2v) is 5.74. The zero-order valence-corrected chi connectivity index (χ0v) is 12.3. The van der Waals surface area contributed by atoms with Gasteiger partial charge in [0, 0.05) is 22.0 Å². The quantitative estimate of drug-likeness (QED) is 0.922. The Morgan fingerprint density at radius 3 is 3.00 bits per heavy atom. The van der Waals surface area contributed by atoms with E-state index >= 15 is 0 Å². The van der Waals surface area contributed by atoms with E-state index in [1.165, 1.54) is 0 Å². The van der Waals surface area contributed by atoms with Crippen LogP contribution in [0.3, 0.4) is 0 Å². The maximum absolute atomic E-state index is 5.23. The summed E-state index contributed by atoms with van der Waals surface area (Å²) >= 11 is 5.23. The number of anilines is 1. The van der Waals surface area contributed by atoms with E-state index in [0.29, 0.717) is 6.04 Å². The summed E-state index contributed by atoms with van der Waals surface area (Å²) in [6.07, 6.45) is 1.10. The molecule has 0 radical (unpaired) electrons. The molecule has 0 amide bonds. The van der Waals surface area contributed by atoms with Crippen molar-refractivity contribution in [2.45, 2.75) is 19.4 Å². The van der Waals surface area contributed by atoms with Gasteiger partial charge in [0.2, 0.25) is 0 Å². The second-order valence-electron chi connectivity index (χ2n) is 3.81. The largest absolute Gasteiger partial charge is 0.497 e. The van der Waals surface area contributed by atoms with Crippen LogP contribution in [0.5, 0.6) is 5.75 Å². The molecule has 0 bridgehead atoms. The first-order chi connectivity index (χ1) is 8.21. The zero-order chi connectivity index (χ0) is 12.3. The molecule has 1 aromatic rings. The van der Waals surface area contributed by atoms with E-state index in [0.717, 1.165) is 33.3 Å². The molecule has 0 fully saturated rings. The normalized spacial score (nSPS) is 19.0. The fraction of sp³-hybridized carbons (Fsp3) is 0.417. The fourth-order valence-electron chi connectivity index (χ4n) is 1.57. The summed E-state index contributed by atoms with van der Waals surface area (Å²) in [5.74, 6) is 1.90. The van der Waals surface area contributed by atoms with Crippen LogP contribution in [0.2, 0.25) is 0 Å². The molecule has 0 aliphatic carbocycles. The van der Waals surface area contributed by atoms with Crippen molar-refractivity contribution in [3.05, 3.63) is 22.7 Å².